The molecule has 1 saturated carbocycles. The first kappa shape index (κ1) is 27.0. The van der Waals surface area contributed by atoms with Crippen molar-refractivity contribution in [2.45, 2.75) is 139 Å². The van der Waals surface area contributed by atoms with Gasteiger partial charge in [0.1, 0.15) is 0 Å². The normalized spacial score (nSPS) is 30.5. The van der Waals surface area contributed by atoms with E-state index in [0.717, 1.165) is 47.3 Å². The highest BCUT2D eigenvalue weighted by Crippen LogP contribution is 2.39. The van der Waals surface area contributed by atoms with E-state index >= 15 is 0 Å². The Kier molecular flexibility index (Phi) is 13.9. The zero-order chi connectivity index (χ0) is 21.8. The van der Waals surface area contributed by atoms with Crippen LogP contribution in [0.25, 0.3) is 0 Å². The zero-order valence-electron chi connectivity index (χ0n) is 21.8. The highest BCUT2D eigenvalue weighted by molar-refractivity contribution is 4.79. The maximum absolute atomic E-state index is 2.54. The van der Waals surface area contributed by atoms with Crippen LogP contribution in [-0.4, -0.2) is 0 Å². The van der Waals surface area contributed by atoms with Gasteiger partial charge in [-0.3, -0.25) is 0 Å². The summed E-state index contributed by atoms with van der Waals surface area (Å²) in [6.45, 7) is 19.8. The molecule has 0 N–H and O–H groups in total. The third-order valence-corrected chi connectivity index (χ3v) is 8.41. The number of hydrogen-bond donors (Lipinski definition) is 0. The fourth-order valence-corrected chi connectivity index (χ4v) is 6.54. The van der Waals surface area contributed by atoms with Gasteiger partial charge in [0.15, 0.2) is 0 Å². The fraction of sp³-hybridized carbons (Fsp3) is 1.00. The maximum atomic E-state index is 2.54. The molecule has 0 aromatic heterocycles. The van der Waals surface area contributed by atoms with Gasteiger partial charge in [0.25, 0.3) is 0 Å². The van der Waals surface area contributed by atoms with Gasteiger partial charge in [0.2, 0.25) is 0 Å². The van der Waals surface area contributed by atoms with Gasteiger partial charge in [-0.25, -0.2) is 0 Å². The molecular weight excluding hydrogens is 348 g/mol. The predicted molar refractivity (Wildman–Crippen MR) is 133 cm³/mol. The van der Waals surface area contributed by atoms with Crippen LogP contribution in [0.15, 0.2) is 0 Å². The van der Waals surface area contributed by atoms with Gasteiger partial charge < -0.3 is 0 Å². The van der Waals surface area contributed by atoms with Crippen molar-refractivity contribution in [1.82, 2.24) is 0 Å². The van der Waals surface area contributed by atoms with Crippen molar-refractivity contribution in [2.24, 2.45) is 47.3 Å². The predicted octanol–water partition coefficient (Wildman–Crippen LogP) is 10.2. The second-order valence-corrected chi connectivity index (χ2v) is 11.9. The molecule has 7 atom stereocenters. The summed E-state index contributed by atoms with van der Waals surface area (Å²) in [5, 5.41) is 0. The van der Waals surface area contributed by atoms with Crippen molar-refractivity contribution < 1.29 is 0 Å². The summed E-state index contributed by atoms with van der Waals surface area (Å²) >= 11 is 0. The molecule has 1 rings (SSSR count). The first-order chi connectivity index (χ1) is 13.8. The van der Waals surface area contributed by atoms with E-state index in [4.69, 9.17) is 0 Å². The Balaban J connectivity index is 2.90. The highest BCUT2D eigenvalue weighted by Gasteiger charge is 2.28. The van der Waals surface area contributed by atoms with Crippen LogP contribution >= 0.6 is 0 Å². The quantitative estimate of drug-likeness (QED) is 0.338. The molecular formula is C29H58. The monoisotopic (exact) mass is 406 g/mol. The Labute approximate surface area is 186 Å². The standard InChI is InChI=1S/C29H58/c1-9-13-23(5)19-27-15-12-11-14-25(7)26(8)16-17-29(21-27)28(10-2)20-24(6)18-22(3)4/h22-29H,9-21H2,1-8H3. The molecule has 0 saturated heterocycles. The average molecular weight is 407 g/mol. The Hall–Kier alpha value is 0. The van der Waals surface area contributed by atoms with E-state index in [1.165, 1.54) is 83.5 Å². The summed E-state index contributed by atoms with van der Waals surface area (Å²) in [4.78, 5) is 0. The van der Waals surface area contributed by atoms with E-state index in [9.17, 15) is 0 Å². The smallest absolute Gasteiger partial charge is 0.0383 e. The fourth-order valence-electron chi connectivity index (χ4n) is 6.54. The van der Waals surface area contributed by atoms with Crippen LogP contribution in [0.4, 0.5) is 0 Å². The largest absolute Gasteiger partial charge is 0.0654 e. The molecule has 0 aromatic carbocycles. The minimum Gasteiger partial charge on any atom is -0.0654 e. The van der Waals surface area contributed by atoms with E-state index in [2.05, 4.69) is 55.4 Å². The van der Waals surface area contributed by atoms with E-state index in [-0.39, 0.29) is 0 Å². The third kappa shape index (κ3) is 11.3. The van der Waals surface area contributed by atoms with Gasteiger partial charge >= 0.3 is 0 Å². The van der Waals surface area contributed by atoms with Crippen molar-refractivity contribution in [3.63, 3.8) is 0 Å². The van der Waals surface area contributed by atoms with Gasteiger partial charge in [-0.1, -0.05) is 107 Å². The lowest BCUT2D eigenvalue weighted by Gasteiger charge is -2.33. The molecule has 7 unspecified atom stereocenters. The second-order valence-electron chi connectivity index (χ2n) is 11.9. The molecule has 0 spiro atoms. The van der Waals surface area contributed by atoms with Crippen molar-refractivity contribution >= 4 is 0 Å². The van der Waals surface area contributed by atoms with Gasteiger partial charge in [-0.05, 0) is 79.4 Å². The molecule has 1 aliphatic carbocycles. The van der Waals surface area contributed by atoms with Crippen LogP contribution in [0.1, 0.15) is 139 Å². The molecule has 1 aliphatic rings. The molecule has 1 fully saturated rings. The van der Waals surface area contributed by atoms with Gasteiger partial charge in [0, 0.05) is 0 Å². The Morgan fingerprint density at radius 1 is 0.759 bits per heavy atom. The summed E-state index contributed by atoms with van der Waals surface area (Å²) in [6, 6.07) is 0. The SMILES string of the molecule is CCCC(C)CC1CCCCC(C)C(C)CCC(C(CC)CC(C)CC(C)C)C1. The first-order valence-corrected chi connectivity index (χ1v) is 13.8. The zero-order valence-corrected chi connectivity index (χ0v) is 21.8. The van der Waals surface area contributed by atoms with Crippen LogP contribution in [0.3, 0.4) is 0 Å². The van der Waals surface area contributed by atoms with Crippen LogP contribution in [-0.2, 0) is 0 Å². The molecule has 29 heavy (non-hydrogen) atoms. The third-order valence-electron chi connectivity index (χ3n) is 8.41. The van der Waals surface area contributed by atoms with Crippen molar-refractivity contribution in [3.05, 3.63) is 0 Å². The Morgan fingerprint density at radius 3 is 2.03 bits per heavy atom. The summed E-state index contributed by atoms with van der Waals surface area (Å²) in [5.74, 6) is 7.42. The molecule has 0 heterocycles. The van der Waals surface area contributed by atoms with Crippen LogP contribution in [0, 0.1) is 47.3 Å². The van der Waals surface area contributed by atoms with Crippen molar-refractivity contribution in [1.29, 1.82) is 0 Å². The molecule has 0 aliphatic heterocycles. The number of hydrogen-bond acceptors (Lipinski definition) is 0. The van der Waals surface area contributed by atoms with Gasteiger partial charge in [0.05, 0.1) is 0 Å². The van der Waals surface area contributed by atoms with E-state index in [0.29, 0.717) is 0 Å². The Morgan fingerprint density at radius 2 is 1.41 bits per heavy atom. The summed E-state index contributed by atoms with van der Waals surface area (Å²) < 4.78 is 0. The van der Waals surface area contributed by atoms with Gasteiger partial charge in [-0.15, -0.1) is 0 Å². The average Bonchev–Trinajstić information content (AvgIpc) is 2.67. The summed E-state index contributed by atoms with van der Waals surface area (Å²) in [5.41, 5.74) is 0. The van der Waals surface area contributed by atoms with Crippen LogP contribution in [0.2, 0.25) is 0 Å². The van der Waals surface area contributed by atoms with Crippen LogP contribution in [0.5, 0.6) is 0 Å². The summed E-state index contributed by atoms with van der Waals surface area (Å²) in [7, 11) is 0. The first-order valence-electron chi connectivity index (χ1n) is 13.8. The topological polar surface area (TPSA) is 0 Å². The second kappa shape index (κ2) is 14.9. The molecule has 0 heteroatoms. The summed E-state index contributed by atoms with van der Waals surface area (Å²) in [6.07, 6.45) is 19.0. The molecule has 0 aromatic rings. The molecule has 0 amide bonds. The molecule has 0 bridgehead atoms. The molecule has 0 nitrogen and oxygen atoms in total. The lowest BCUT2D eigenvalue weighted by atomic mass is 9.72. The minimum absolute atomic E-state index is 0.846. The lowest BCUT2D eigenvalue weighted by molar-refractivity contribution is 0.175. The van der Waals surface area contributed by atoms with Crippen molar-refractivity contribution in [3.8, 4) is 0 Å². The van der Waals surface area contributed by atoms with Crippen LogP contribution < -0.4 is 0 Å². The highest BCUT2D eigenvalue weighted by atomic mass is 14.3. The number of rotatable bonds is 10. The van der Waals surface area contributed by atoms with E-state index in [1.54, 1.807) is 0 Å². The molecule has 0 radical (unpaired) electrons. The van der Waals surface area contributed by atoms with Crippen molar-refractivity contribution in [2.75, 3.05) is 0 Å². The van der Waals surface area contributed by atoms with E-state index < -0.39 is 0 Å². The van der Waals surface area contributed by atoms with Gasteiger partial charge in [-0.2, -0.15) is 0 Å². The maximum Gasteiger partial charge on any atom is -0.0383 e. The Bertz CT molecular complexity index is 383. The molecule has 174 valence electrons. The minimum atomic E-state index is 0.846. The lowest BCUT2D eigenvalue weighted by Crippen LogP contribution is -2.23. The van der Waals surface area contributed by atoms with E-state index in [1.807, 2.05) is 0 Å².